The van der Waals surface area contributed by atoms with E-state index in [0.29, 0.717) is 44.0 Å². The molecule has 2 heterocycles. The number of carbonyl (C=O) groups is 3. The second-order valence-electron chi connectivity index (χ2n) is 19.6. The minimum Gasteiger partial charge on any atom is -0.449 e. The van der Waals surface area contributed by atoms with E-state index in [4.69, 9.17) is 28.7 Å². The van der Waals surface area contributed by atoms with E-state index in [1.807, 2.05) is 69.3 Å². The first-order chi connectivity index (χ1) is 28.9. The lowest BCUT2D eigenvalue weighted by Crippen LogP contribution is -2.69. The van der Waals surface area contributed by atoms with Crippen molar-refractivity contribution in [2.45, 2.75) is 132 Å². The number of nitrogens with zero attached hydrogens (tertiary/aromatic N) is 1. The number of piperidine rings is 1. The first-order valence-corrected chi connectivity index (χ1v) is 22.1. The van der Waals surface area contributed by atoms with Gasteiger partial charge in [0.05, 0.1) is 0 Å². The van der Waals surface area contributed by atoms with Crippen molar-refractivity contribution in [3.05, 3.63) is 89.5 Å². The van der Waals surface area contributed by atoms with E-state index < -0.39 is 29.4 Å². The van der Waals surface area contributed by atoms with E-state index in [9.17, 15) is 14.4 Å². The molecule has 2 N–H and O–H groups in total. The fourth-order valence-electron chi connectivity index (χ4n) is 12.0. The monoisotopic (exact) mass is 819 g/mol. The summed E-state index contributed by atoms with van der Waals surface area (Å²) in [5.41, 5.74) is 5.03. The highest BCUT2D eigenvalue weighted by Crippen LogP contribution is 2.65. The van der Waals surface area contributed by atoms with Crippen LogP contribution in [-0.4, -0.2) is 71.6 Å². The number of nitrogens with one attached hydrogen (secondary N) is 2. The van der Waals surface area contributed by atoms with Gasteiger partial charge in [-0.15, -0.1) is 0 Å². The number of carbonyl (C=O) groups excluding carboxylic acids is 3. The quantitative estimate of drug-likeness (QED) is 0.234. The molecule has 6 aliphatic carbocycles. The third-order valence-electron chi connectivity index (χ3n) is 14.4. The molecule has 12 nitrogen and oxygen atoms in total. The van der Waals surface area contributed by atoms with Crippen LogP contribution in [0.2, 0.25) is 0 Å². The summed E-state index contributed by atoms with van der Waals surface area (Å²) in [5, 5.41) is 6.30. The van der Waals surface area contributed by atoms with E-state index in [1.165, 1.54) is 22.3 Å². The molecule has 2 unspecified atom stereocenters. The minimum atomic E-state index is -0.818. The van der Waals surface area contributed by atoms with Crippen molar-refractivity contribution in [1.82, 2.24) is 15.5 Å². The zero-order valence-electron chi connectivity index (χ0n) is 34.9. The molecule has 60 heavy (non-hydrogen) atoms. The highest BCUT2D eigenvalue weighted by molar-refractivity contribution is 5.79. The Labute approximate surface area is 351 Å². The summed E-state index contributed by atoms with van der Waals surface area (Å²) in [6.45, 7) is 6.89. The topological polar surface area (TPSA) is 134 Å². The van der Waals surface area contributed by atoms with Crippen LogP contribution in [-0.2, 0) is 24.0 Å². The lowest BCUT2D eigenvalue weighted by atomic mass is 9.50. The van der Waals surface area contributed by atoms with Crippen molar-refractivity contribution >= 4 is 18.3 Å². The van der Waals surface area contributed by atoms with Gasteiger partial charge in [0.15, 0.2) is 0 Å². The summed E-state index contributed by atoms with van der Waals surface area (Å²) in [4.78, 5) is 53.3. The van der Waals surface area contributed by atoms with Gasteiger partial charge in [0, 0.05) is 55.3 Å². The summed E-state index contributed by atoms with van der Waals surface area (Å²) in [5.74, 6) is -0.130. The van der Waals surface area contributed by atoms with Crippen LogP contribution in [0.4, 0.5) is 14.4 Å². The fraction of sp³-hybridized carbons (Fsp3) is 0.562. The highest BCUT2D eigenvalue weighted by atomic mass is 17.3. The zero-order chi connectivity index (χ0) is 41.3. The van der Waals surface area contributed by atoms with Crippen LogP contribution in [0.15, 0.2) is 72.8 Å². The Hall–Kier alpha value is -4.65. The van der Waals surface area contributed by atoms with Crippen molar-refractivity contribution in [2.24, 2.45) is 17.8 Å². The molecule has 2 spiro atoms. The van der Waals surface area contributed by atoms with Crippen LogP contribution in [0.1, 0.15) is 120 Å². The molecule has 8 aliphatic rings. The summed E-state index contributed by atoms with van der Waals surface area (Å²) >= 11 is 0. The molecular formula is C48H57N3O9. The molecule has 4 bridgehead atoms. The van der Waals surface area contributed by atoms with Gasteiger partial charge in [-0.1, -0.05) is 60.7 Å². The Bertz CT molecular complexity index is 2070. The largest absolute Gasteiger partial charge is 0.449 e. The smallest absolute Gasteiger partial charge is 0.415 e. The van der Waals surface area contributed by atoms with Gasteiger partial charge >= 0.3 is 18.3 Å². The third-order valence-corrected chi connectivity index (χ3v) is 14.4. The number of hydrogen-bond acceptors (Lipinski definition) is 9. The van der Waals surface area contributed by atoms with Gasteiger partial charge in [-0.3, -0.25) is 0 Å². The maximum atomic E-state index is 13.2. The van der Waals surface area contributed by atoms with Crippen molar-refractivity contribution in [1.29, 1.82) is 0 Å². The minimum absolute atomic E-state index is 0.00389. The molecule has 7 fully saturated rings. The van der Waals surface area contributed by atoms with E-state index in [0.717, 1.165) is 56.9 Å². The van der Waals surface area contributed by atoms with Crippen LogP contribution >= 0.6 is 0 Å². The van der Waals surface area contributed by atoms with Gasteiger partial charge in [0.1, 0.15) is 18.0 Å². The van der Waals surface area contributed by atoms with Gasteiger partial charge in [0.25, 0.3) is 0 Å². The van der Waals surface area contributed by atoms with E-state index in [1.54, 1.807) is 4.90 Å². The molecule has 5 saturated carbocycles. The average molecular weight is 820 g/mol. The standard InChI is InChI=1S/C48H57N3O9/c1-45(2,3)57-43(53)50-46-25-30-23-33(27-46)48(34(24-30)28-46)58-47(59-60-48)20-8-9-32(26-47)31-14-16-36(17-15-31)56-44(54)51-21-18-35(19-22-51)49-42(52)55-29-41-39-12-6-4-10-37(39)38-11-5-7-13-40(38)41/h4-7,10-17,30,32-35,41H,8-9,18-29H2,1-3H3,(H,49,52)(H,50,53)/t30?,32-,33?,34?,46?,47-,48?/m1/s1. The SMILES string of the molecule is CC(C)(C)OC(=O)NC12CC3CC(C1)C1(OO[C@@]4(CCC[C@@H](c5ccc(OC(=O)N6CCC(NC(=O)OCC7c8ccccc8-c8ccccc87)CC6)cc5)C4)O1)C(C3)C2. The second kappa shape index (κ2) is 15.1. The van der Waals surface area contributed by atoms with E-state index in [-0.39, 0.29) is 48.0 Å². The van der Waals surface area contributed by atoms with Gasteiger partial charge in [-0.25, -0.2) is 14.4 Å². The first-order valence-electron chi connectivity index (χ1n) is 22.1. The third kappa shape index (κ3) is 7.42. The molecule has 12 heteroatoms. The number of ether oxygens (including phenoxy) is 4. The molecule has 318 valence electrons. The number of alkyl carbamates (subject to hydrolysis) is 2. The van der Waals surface area contributed by atoms with Gasteiger partial charge < -0.3 is 34.5 Å². The molecule has 2 aliphatic heterocycles. The Balaban J connectivity index is 0.693. The van der Waals surface area contributed by atoms with Crippen LogP contribution < -0.4 is 15.4 Å². The molecule has 3 amide bonds. The van der Waals surface area contributed by atoms with Crippen LogP contribution in [0.5, 0.6) is 5.75 Å². The molecule has 0 aromatic heterocycles. The maximum absolute atomic E-state index is 13.2. The van der Waals surface area contributed by atoms with Gasteiger partial charge in [-0.2, -0.15) is 9.78 Å². The van der Waals surface area contributed by atoms with Crippen LogP contribution in [0, 0.1) is 17.8 Å². The Morgan fingerprint density at radius 2 is 1.47 bits per heavy atom. The predicted octanol–water partition coefficient (Wildman–Crippen LogP) is 9.32. The zero-order valence-corrected chi connectivity index (χ0v) is 34.9. The molecule has 3 aromatic carbocycles. The van der Waals surface area contributed by atoms with Crippen LogP contribution in [0.25, 0.3) is 11.1 Å². The lowest BCUT2D eigenvalue weighted by Gasteiger charge is -2.62. The summed E-state index contributed by atoms with van der Waals surface area (Å²) in [6, 6.07) is 24.3. The summed E-state index contributed by atoms with van der Waals surface area (Å²) in [6.07, 6.45) is 7.99. The van der Waals surface area contributed by atoms with Crippen LogP contribution in [0.3, 0.4) is 0 Å². The summed E-state index contributed by atoms with van der Waals surface area (Å²) in [7, 11) is 0. The number of rotatable bonds is 6. The number of benzene rings is 3. The predicted molar refractivity (Wildman–Crippen MR) is 221 cm³/mol. The van der Waals surface area contributed by atoms with Gasteiger partial charge in [-0.05, 0) is 130 Å². The number of likely N-dealkylation sites (tertiary alicyclic amines) is 1. The number of fused-ring (bicyclic) bond motifs is 3. The Morgan fingerprint density at radius 3 is 2.13 bits per heavy atom. The molecule has 11 rings (SSSR count). The normalized spacial score (nSPS) is 31.8. The second-order valence-corrected chi connectivity index (χ2v) is 19.6. The van der Waals surface area contributed by atoms with Crippen molar-refractivity contribution in [2.75, 3.05) is 19.7 Å². The number of amides is 3. The Morgan fingerprint density at radius 1 is 0.800 bits per heavy atom. The number of hydrogen-bond donors (Lipinski definition) is 2. The van der Waals surface area contributed by atoms with Crippen molar-refractivity contribution < 1.29 is 43.1 Å². The van der Waals surface area contributed by atoms with E-state index in [2.05, 4.69) is 34.9 Å². The molecule has 0 radical (unpaired) electrons. The average Bonchev–Trinajstić information content (AvgIpc) is 3.74. The first kappa shape index (κ1) is 39.5. The lowest BCUT2D eigenvalue weighted by molar-refractivity contribution is -0.391. The molecule has 3 aromatic rings. The highest BCUT2D eigenvalue weighted by Gasteiger charge is 2.70. The Kier molecular flexibility index (Phi) is 9.91. The molecule has 4 atom stereocenters. The maximum Gasteiger partial charge on any atom is 0.415 e. The molecule has 2 saturated heterocycles. The van der Waals surface area contributed by atoms with Crippen molar-refractivity contribution in [3.63, 3.8) is 0 Å². The van der Waals surface area contributed by atoms with Gasteiger partial charge in [0.2, 0.25) is 11.6 Å². The molecular weight excluding hydrogens is 763 g/mol. The van der Waals surface area contributed by atoms with Crippen molar-refractivity contribution in [3.8, 4) is 16.9 Å². The van der Waals surface area contributed by atoms with E-state index >= 15 is 0 Å². The fourth-order valence-corrected chi connectivity index (χ4v) is 12.0. The summed E-state index contributed by atoms with van der Waals surface area (Å²) < 4.78 is 24.3.